The molecular formula is C22H26ClN3O2S. The molecule has 1 aromatic heterocycles. The van der Waals surface area contributed by atoms with Gasteiger partial charge in [-0.05, 0) is 61.7 Å². The second-order valence-corrected chi connectivity index (χ2v) is 9.13. The molecule has 2 aliphatic rings. The molecule has 7 heteroatoms. The summed E-state index contributed by atoms with van der Waals surface area (Å²) in [5, 5.41) is 5.66. The highest BCUT2D eigenvalue weighted by Gasteiger charge is 2.29. The molecule has 154 valence electrons. The molecular weight excluding hydrogens is 406 g/mol. The third kappa shape index (κ3) is 4.75. The van der Waals surface area contributed by atoms with Crippen molar-refractivity contribution in [1.82, 2.24) is 4.90 Å². The number of piperidine rings is 2. The van der Waals surface area contributed by atoms with Crippen LogP contribution in [0.1, 0.15) is 41.8 Å². The van der Waals surface area contributed by atoms with Gasteiger partial charge in [-0.1, -0.05) is 17.7 Å². The first-order valence-corrected chi connectivity index (χ1v) is 11.6. The summed E-state index contributed by atoms with van der Waals surface area (Å²) in [7, 11) is 0. The lowest BCUT2D eigenvalue weighted by Gasteiger charge is -2.33. The van der Waals surface area contributed by atoms with Crippen molar-refractivity contribution < 1.29 is 9.59 Å². The molecule has 1 N–H and O–H groups in total. The van der Waals surface area contributed by atoms with Gasteiger partial charge in [-0.25, -0.2) is 0 Å². The quantitative estimate of drug-likeness (QED) is 0.750. The van der Waals surface area contributed by atoms with Crippen LogP contribution in [0.5, 0.6) is 0 Å². The van der Waals surface area contributed by atoms with Crippen molar-refractivity contribution in [3.8, 4) is 0 Å². The fourth-order valence-corrected chi connectivity index (χ4v) is 5.02. The molecule has 0 aliphatic carbocycles. The molecule has 2 aliphatic heterocycles. The highest BCUT2D eigenvalue weighted by molar-refractivity contribution is 7.12. The van der Waals surface area contributed by atoms with E-state index in [0.29, 0.717) is 31.0 Å². The van der Waals surface area contributed by atoms with E-state index < -0.39 is 0 Å². The van der Waals surface area contributed by atoms with E-state index in [-0.39, 0.29) is 17.7 Å². The predicted octanol–water partition coefficient (Wildman–Crippen LogP) is 4.88. The molecule has 0 spiro atoms. The summed E-state index contributed by atoms with van der Waals surface area (Å²) in [6.45, 7) is 3.24. The zero-order valence-electron chi connectivity index (χ0n) is 16.4. The molecule has 0 radical (unpaired) electrons. The van der Waals surface area contributed by atoms with Crippen LogP contribution in [0.25, 0.3) is 0 Å². The monoisotopic (exact) mass is 431 g/mol. The maximum absolute atomic E-state index is 12.9. The van der Waals surface area contributed by atoms with Gasteiger partial charge in [-0.15, -0.1) is 11.3 Å². The van der Waals surface area contributed by atoms with Crippen molar-refractivity contribution in [1.29, 1.82) is 0 Å². The minimum Gasteiger partial charge on any atom is -0.370 e. The van der Waals surface area contributed by atoms with Crippen molar-refractivity contribution in [2.75, 3.05) is 36.4 Å². The Labute approximate surface area is 180 Å². The number of hydrogen-bond acceptors (Lipinski definition) is 4. The molecule has 29 heavy (non-hydrogen) atoms. The van der Waals surface area contributed by atoms with Gasteiger partial charge in [0.2, 0.25) is 5.91 Å². The van der Waals surface area contributed by atoms with E-state index in [1.165, 1.54) is 30.6 Å². The average molecular weight is 432 g/mol. The second-order valence-electron chi connectivity index (χ2n) is 7.74. The molecule has 2 fully saturated rings. The molecule has 0 saturated carbocycles. The van der Waals surface area contributed by atoms with Crippen LogP contribution in [0.2, 0.25) is 5.02 Å². The Morgan fingerprint density at radius 3 is 2.48 bits per heavy atom. The average Bonchev–Trinajstić information content (AvgIpc) is 3.29. The number of anilines is 2. The number of amides is 2. The van der Waals surface area contributed by atoms with Crippen LogP contribution in [0.15, 0.2) is 35.7 Å². The van der Waals surface area contributed by atoms with E-state index in [1.54, 1.807) is 0 Å². The first kappa shape index (κ1) is 20.2. The van der Waals surface area contributed by atoms with Crippen LogP contribution in [0.3, 0.4) is 0 Å². The molecule has 2 saturated heterocycles. The Balaban J connectivity index is 1.39. The SMILES string of the molecule is O=C(Nc1cc(Cl)ccc1N1CCCCC1)C1CCN(C(=O)c2cccs2)CC1. The summed E-state index contributed by atoms with van der Waals surface area (Å²) in [6, 6.07) is 9.48. The summed E-state index contributed by atoms with van der Waals surface area (Å²) in [5.41, 5.74) is 1.84. The Kier molecular flexibility index (Phi) is 6.40. The zero-order chi connectivity index (χ0) is 20.2. The predicted molar refractivity (Wildman–Crippen MR) is 119 cm³/mol. The minimum atomic E-state index is -0.0874. The lowest BCUT2D eigenvalue weighted by Crippen LogP contribution is -2.41. The molecule has 3 heterocycles. The molecule has 4 rings (SSSR count). The van der Waals surface area contributed by atoms with Crippen LogP contribution in [0, 0.1) is 5.92 Å². The Hall–Kier alpha value is -2.05. The summed E-state index contributed by atoms with van der Waals surface area (Å²) in [4.78, 5) is 30.4. The van der Waals surface area contributed by atoms with E-state index in [9.17, 15) is 9.59 Å². The maximum Gasteiger partial charge on any atom is 0.263 e. The number of nitrogens with one attached hydrogen (secondary N) is 1. The lowest BCUT2D eigenvalue weighted by molar-refractivity contribution is -0.121. The van der Waals surface area contributed by atoms with Crippen molar-refractivity contribution in [3.05, 3.63) is 45.6 Å². The summed E-state index contributed by atoms with van der Waals surface area (Å²) in [6.07, 6.45) is 4.97. The number of rotatable bonds is 4. The molecule has 0 atom stereocenters. The molecule has 1 aromatic carbocycles. The largest absolute Gasteiger partial charge is 0.370 e. The normalized spacial score (nSPS) is 18.0. The summed E-state index contributed by atoms with van der Waals surface area (Å²) >= 11 is 7.68. The van der Waals surface area contributed by atoms with Gasteiger partial charge < -0.3 is 15.1 Å². The first-order valence-electron chi connectivity index (χ1n) is 10.3. The zero-order valence-corrected chi connectivity index (χ0v) is 18.0. The molecule has 2 aromatic rings. The van der Waals surface area contributed by atoms with E-state index in [0.717, 1.165) is 29.3 Å². The third-order valence-electron chi connectivity index (χ3n) is 5.80. The van der Waals surface area contributed by atoms with Crippen molar-refractivity contribution in [2.45, 2.75) is 32.1 Å². The van der Waals surface area contributed by atoms with Gasteiger partial charge >= 0.3 is 0 Å². The Morgan fingerprint density at radius 2 is 1.79 bits per heavy atom. The number of nitrogens with zero attached hydrogens (tertiary/aromatic N) is 2. The van der Waals surface area contributed by atoms with E-state index in [2.05, 4.69) is 10.2 Å². The van der Waals surface area contributed by atoms with Crippen LogP contribution in [0.4, 0.5) is 11.4 Å². The number of halogens is 1. The highest BCUT2D eigenvalue weighted by atomic mass is 35.5. The van der Waals surface area contributed by atoms with Gasteiger partial charge in [-0.2, -0.15) is 0 Å². The summed E-state index contributed by atoms with van der Waals surface area (Å²) in [5.74, 6) is 0.00501. The van der Waals surface area contributed by atoms with Gasteiger partial charge in [0.15, 0.2) is 0 Å². The van der Waals surface area contributed by atoms with Gasteiger partial charge in [0, 0.05) is 37.1 Å². The summed E-state index contributed by atoms with van der Waals surface area (Å²) < 4.78 is 0. The van der Waals surface area contributed by atoms with E-state index in [1.807, 2.05) is 40.6 Å². The van der Waals surface area contributed by atoms with Gasteiger partial charge in [0.25, 0.3) is 5.91 Å². The Morgan fingerprint density at radius 1 is 1.03 bits per heavy atom. The number of thiophene rings is 1. The molecule has 0 bridgehead atoms. The fraction of sp³-hybridized carbons (Fsp3) is 0.455. The number of carbonyl (C=O) groups is 2. The van der Waals surface area contributed by atoms with E-state index >= 15 is 0 Å². The van der Waals surface area contributed by atoms with Crippen molar-refractivity contribution in [2.24, 2.45) is 5.92 Å². The van der Waals surface area contributed by atoms with Gasteiger partial charge in [0.1, 0.15) is 0 Å². The smallest absolute Gasteiger partial charge is 0.263 e. The highest BCUT2D eigenvalue weighted by Crippen LogP contribution is 2.32. The van der Waals surface area contributed by atoms with Crippen LogP contribution in [-0.4, -0.2) is 42.9 Å². The molecule has 5 nitrogen and oxygen atoms in total. The number of likely N-dealkylation sites (tertiary alicyclic amines) is 1. The van der Waals surface area contributed by atoms with Crippen molar-refractivity contribution in [3.63, 3.8) is 0 Å². The number of hydrogen-bond donors (Lipinski definition) is 1. The first-order chi connectivity index (χ1) is 14.1. The van der Waals surface area contributed by atoms with Gasteiger partial charge in [-0.3, -0.25) is 9.59 Å². The Bertz CT molecular complexity index is 857. The minimum absolute atomic E-state index is 0.0220. The van der Waals surface area contributed by atoms with Crippen LogP contribution in [-0.2, 0) is 4.79 Å². The standard InChI is InChI=1S/C22H26ClN3O2S/c23-17-6-7-19(25-10-2-1-3-11-25)18(15-17)24-21(27)16-8-12-26(13-9-16)22(28)20-5-4-14-29-20/h4-7,14-16H,1-3,8-13H2,(H,24,27). The third-order valence-corrected chi connectivity index (χ3v) is 6.89. The second kappa shape index (κ2) is 9.18. The maximum atomic E-state index is 12.9. The number of carbonyl (C=O) groups excluding carboxylic acids is 2. The molecule has 2 amide bonds. The number of benzene rings is 1. The topological polar surface area (TPSA) is 52.7 Å². The van der Waals surface area contributed by atoms with Gasteiger partial charge in [0.05, 0.1) is 16.3 Å². The fourth-order valence-electron chi connectivity index (χ4n) is 4.15. The van der Waals surface area contributed by atoms with Crippen LogP contribution < -0.4 is 10.2 Å². The molecule has 0 unspecified atom stereocenters. The lowest BCUT2D eigenvalue weighted by atomic mass is 9.95. The van der Waals surface area contributed by atoms with Crippen LogP contribution >= 0.6 is 22.9 Å². The van der Waals surface area contributed by atoms with E-state index in [4.69, 9.17) is 11.6 Å². The van der Waals surface area contributed by atoms with Crippen molar-refractivity contribution >= 4 is 46.1 Å².